The largest absolute Gasteiger partial charge is 0.468 e. The van der Waals surface area contributed by atoms with Gasteiger partial charge in [-0.2, -0.15) is 0 Å². The van der Waals surface area contributed by atoms with Gasteiger partial charge in [0.2, 0.25) is 0 Å². The molecule has 0 aromatic rings. The van der Waals surface area contributed by atoms with Crippen LogP contribution in [-0.2, 0) is 14.3 Å². The van der Waals surface area contributed by atoms with Gasteiger partial charge in [-0.25, -0.2) is 0 Å². The first-order valence-electron chi connectivity index (χ1n) is 4.26. The molecule has 1 aliphatic heterocycles. The van der Waals surface area contributed by atoms with Gasteiger partial charge in [-0.3, -0.25) is 4.79 Å². The number of epoxide rings is 1. The summed E-state index contributed by atoms with van der Waals surface area (Å²) in [7, 11) is 1.40. The molecule has 0 aromatic heterocycles. The van der Waals surface area contributed by atoms with E-state index in [-0.39, 0.29) is 17.2 Å². The molecule has 13 heavy (non-hydrogen) atoms. The Morgan fingerprint density at radius 3 is 2.38 bits per heavy atom. The fourth-order valence-corrected chi connectivity index (χ4v) is 2.31. The molecule has 1 saturated heterocycles. The second kappa shape index (κ2) is 3.50. The van der Waals surface area contributed by atoms with Gasteiger partial charge in [-0.15, -0.1) is 11.8 Å². The quantitative estimate of drug-likeness (QED) is 0.513. The van der Waals surface area contributed by atoms with Crippen LogP contribution >= 0.6 is 11.8 Å². The minimum atomic E-state index is -0.174. The van der Waals surface area contributed by atoms with Crippen molar-refractivity contribution in [1.29, 1.82) is 0 Å². The third kappa shape index (κ3) is 2.38. The van der Waals surface area contributed by atoms with E-state index in [9.17, 15) is 4.79 Å². The number of carbonyl (C=O) groups is 1. The first kappa shape index (κ1) is 10.9. The van der Waals surface area contributed by atoms with Gasteiger partial charge in [0, 0.05) is 5.75 Å². The van der Waals surface area contributed by atoms with Crippen LogP contribution in [-0.4, -0.2) is 35.8 Å². The lowest BCUT2D eigenvalue weighted by Crippen LogP contribution is -2.20. The number of hydrogen-bond donors (Lipinski definition) is 0. The highest BCUT2D eigenvalue weighted by atomic mass is 32.2. The van der Waals surface area contributed by atoms with E-state index in [2.05, 4.69) is 25.5 Å². The van der Waals surface area contributed by atoms with E-state index in [0.717, 1.165) is 5.75 Å². The van der Waals surface area contributed by atoms with Crippen molar-refractivity contribution in [3.63, 3.8) is 0 Å². The summed E-state index contributed by atoms with van der Waals surface area (Å²) in [4.78, 5) is 10.8. The number of rotatable bonds is 4. The van der Waals surface area contributed by atoms with Gasteiger partial charge < -0.3 is 9.47 Å². The highest BCUT2D eigenvalue weighted by molar-refractivity contribution is 8.00. The van der Waals surface area contributed by atoms with Gasteiger partial charge in [0.15, 0.2) is 0 Å². The SMILES string of the molecule is COC(=O)CSCC1(C)OC1(C)C. The van der Waals surface area contributed by atoms with Crippen molar-refractivity contribution in [3.05, 3.63) is 0 Å². The van der Waals surface area contributed by atoms with Crippen molar-refractivity contribution in [2.75, 3.05) is 18.6 Å². The summed E-state index contributed by atoms with van der Waals surface area (Å²) in [6.45, 7) is 6.19. The number of thioether (sulfide) groups is 1. The summed E-state index contributed by atoms with van der Waals surface area (Å²) in [6.07, 6.45) is 0. The number of esters is 1. The van der Waals surface area contributed by atoms with Gasteiger partial charge >= 0.3 is 5.97 Å². The van der Waals surface area contributed by atoms with Gasteiger partial charge in [0.25, 0.3) is 0 Å². The van der Waals surface area contributed by atoms with Crippen molar-refractivity contribution in [2.45, 2.75) is 32.0 Å². The maximum atomic E-state index is 10.8. The van der Waals surface area contributed by atoms with E-state index in [4.69, 9.17) is 4.74 Å². The topological polar surface area (TPSA) is 38.8 Å². The maximum absolute atomic E-state index is 10.8. The van der Waals surface area contributed by atoms with E-state index in [0.29, 0.717) is 5.75 Å². The minimum absolute atomic E-state index is 0.0316. The molecule has 1 heterocycles. The van der Waals surface area contributed by atoms with Gasteiger partial charge in [0.05, 0.1) is 18.5 Å². The molecule has 0 amide bonds. The first-order chi connectivity index (χ1) is 5.91. The standard InChI is InChI=1S/C9H16O3S/c1-8(2)9(3,12-8)6-13-5-7(10)11-4/h5-6H2,1-4H3. The summed E-state index contributed by atoms with van der Waals surface area (Å²) in [5.41, 5.74) is -0.0954. The second-order valence-corrected chi connectivity index (χ2v) is 4.90. The van der Waals surface area contributed by atoms with Crippen molar-refractivity contribution < 1.29 is 14.3 Å². The van der Waals surface area contributed by atoms with Crippen LogP contribution in [0.3, 0.4) is 0 Å². The number of hydrogen-bond acceptors (Lipinski definition) is 4. The highest BCUT2D eigenvalue weighted by Crippen LogP contribution is 2.48. The Morgan fingerprint density at radius 1 is 1.46 bits per heavy atom. The Balaban J connectivity index is 2.18. The monoisotopic (exact) mass is 204 g/mol. The third-order valence-corrected chi connectivity index (χ3v) is 3.73. The van der Waals surface area contributed by atoms with Crippen LogP contribution in [0.2, 0.25) is 0 Å². The van der Waals surface area contributed by atoms with Gasteiger partial charge in [-0.05, 0) is 20.8 Å². The molecule has 4 heteroatoms. The fraction of sp³-hybridized carbons (Fsp3) is 0.889. The molecule has 0 saturated carbocycles. The van der Waals surface area contributed by atoms with E-state index >= 15 is 0 Å². The summed E-state index contributed by atoms with van der Waals surface area (Å²) >= 11 is 1.56. The Kier molecular flexibility index (Phi) is 2.92. The lowest BCUT2D eigenvalue weighted by Gasteiger charge is -2.07. The molecule has 0 aromatic carbocycles. The summed E-state index contributed by atoms with van der Waals surface area (Å²) in [5, 5.41) is 0. The molecule has 0 aliphatic carbocycles. The van der Waals surface area contributed by atoms with Gasteiger partial charge in [0.1, 0.15) is 5.60 Å². The Morgan fingerprint density at radius 2 is 2.00 bits per heavy atom. The predicted octanol–water partition coefficient (Wildman–Crippen LogP) is 1.46. The summed E-state index contributed by atoms with van der Waals surface area (Å²) in [5.74, 6) is 1.08. The van der Waals surface area contributed by atoms with E-state index in [1.807, 2.05) is 0 Å². The predicted molar refractivity (Wildman–Crippen MR) is 52.9 cm³/mol. The van der Waals surface area contributed by atoms with Crippen LogP contribution in [0.15, 0.2) is 0 Å². The Labute approximate surface area is 83.2 Å². The van der Waals surface area contributed by atoms with Crippen molar-refractivity contribution in [3.8, 4) is 0 Å². The van der Waals surface area contributed by atoms with Crippen LogP contribution in [0.25, 0.3) is 0 Å². The average molecular weight is 204 g/mol. The number of carbonyl (C=O) groups excluding carboxylic acids is 1. The Hall–Kier alpha value is -0.220. The van der Waals surface area contributed by atoms with Crippen molar-refractivity contribution in [2.24, 2.45) is 0 Å². The number of methoxy groups -OCH3 is 1. The summed E-state index contributed by atoms with van der Waals surface area (Å²) in [6, 6.07) is 0. The lowest BCUT2D eigenvalue weighted by molar-refractivity contribution is -0.137. The van der Waals surface area contributed by atoms with Crippen LogP contribution in [0.1, 0.15) is 20.8 Å². The smallest absolute Gasteiger partial charge is 0.315 e. The Bertz CT molecular complexity index is 215. The molecule has 1 unspecified atom stereocenters. The van der Waals surface area contributed by atoms with Crippen LogP contribution < -0.4 is 0 Å². The average Bonchev–Trinajstić information content (AvgIpc) is 2.51. The molecular weight excluding hydrogens is 188 g/mol. The van der Waals surface area contributed by atoms with Crippen molar-refractivity contribution >= 4 is 17.7 Å². The molecule has 0 N–H and O–H groups in total. The number of ether oxygens (including phenoxy) is 2. The summed E-state index contributed by atoms with van der Waals surface area (Å²) < 4.78 is 10.1. The third-order valence-electron chi connectivity index (χ3n) is 2.54. The fourth-order valence-electron chi connectivity index (χ4n) is 1.13. The molecule has 3 nitrogen and oxygen atoms in total. The lowest BCUT2D eigenvalue weighted by atomic mass is 10.0. The van der Waals surface area contributed by atoms with E-state index in [1.165, 1.54) is 7.11 Å². The molecule has 0 radical (unpaired) electrons. The first-order valence-corrected chi connectivity index (χ1v) is 5.41. The highest BCUT2D eigenvalue weighted by Gasteiger charge is 2.59. The molecule has 1 rings (SSSR count). The second-order valence-electron chi connectivity index (χ2n) is 3.91. The zero-order valence-corrected chi connectivity index (χ0v) is 9.36. The van der Waals surface area contributed by atoms with Crippen LogP contribution in [0, 0.1) is 0 Å². The molecular formula is C9H16O3S. The molecule has 1 fully saturated rings. The zero-order valence-electron chi connectivity index (χ0n) is 8.55. The molecule has 76 valence electrons. The van der Waals surface area contributed by atoms with E-state index in [1.54, 1.807) is 11.8 Å². The maximum Gasteiger partial charge on any atom is 0.315 e. The van der Waals surface area contributed by atoms with Gasteiger partial charge in [-0.1, -0.05) is 0 Å². The van der Waals surface area contributed by atoms with E-state index < -0.39 is 0 Å². The normalized spacial score (nSPS) is 29.8. The van der Waals surface area contributed by atoms with Crippen LogP contribution in [0.4, 0.5) is 0 Å². The molecule has 0 spiro atoms. The zero-order chi connectivity index (χ0) is 10.1. The molecule has 0 bridgehead atoms. The molecule has 1 atom stereocenters. The molecule has 1 aliphatic rings. The minimum Gasteiger partial charge on any atom is -0.468 e. The van der Waals surface area contributed by atoms with Crippen LogP contribution in [0.5, 0.6) is 0 Å². The van der Waals surface area contributed by atoms with Crippen molar-refractivity contribution in [1.82, 2.24) is 0 Å².